The molecule has 1 saturated carbocycles. The van der Waals surface area contributed by atoms with Gasteiger partial charge >= 0.3 is 6.03 Å². The maximum atomic E-state index is 16.2. The van der Waals surface area contributed by atoms with Crippen molar-refractivity contribution < 1.29 is 41.8 Å². The first-order chi connectivity index (χ1) is 34.7. The van der Waals surface area contributed by atoms with Crippen LogP contribution in [-0.2, 0) is 22.2 Å². The Hall–Kier alpha value is -6.17. The number of nitrogens with one attached hydrogen (secondary N) is 2. The number of halogens is 4. The molecular weight excluding hydrogens is 949 g/mol. The zero-order chi connectivity index (χ0) is 50.6. The molecule has 5 aromatic rings. The summed E-state index contributed by atoms with van der Waals surface area (Å²) in [7, 11) is 2.97. The van der Waals surface area contributed by atoms with E-state index in [4.69, 9.17) is 26.8 Å². The van der Waals surface area contributed by atoms with Crippen LogP contribution < -0.4 is 30.7 Å². The number of methoxy groups -OCH3 is 1. The normalized spacial score (nSPS) is 23.3. The maximum Gasteiger partial charge on any atom is 0.329 e. The van der Waals surface area contributed by atoms with Gasteiger partial charge in [0.2, 0.25) is 17.7 Å². The Morgan fingerprint density at radius 1 is 0.917 bits per heavy atom. The highest BCUT2D eigenvalue weighted by atomic mass is 35.5. The monoisotopic (exact) mass is 1010 g/mol. The summed E-state index contributed by atoms with van der Waals surface area (Å²) in [6.07, 6.45) is 6.72. The Morgan fingerprint density at radius 3 is 2.32 bits per heavy atom. The van der Waals surface area contributed by atoms with E-state index in [1.54, 1.807) is 7.05 Å². The van der Waals surface area contributed by atoms with Gasteiger partial charge in [0.25, 0.3) is 0 Å². The molecule has 14 nitrogen and oxygen atoms in total. The molecule has 0 radical (unpaired) electrons. The summed E-state index contributed by atoms with van der Waals surface area (Å²) in [5, 5.41) is 10.7. The summed E-state index contributed by atoms with van der Waals surface area (Å²) in [5.41, 5.74) is 6.51. The smallest absolute Gasteiger partial charge is 0.329 e. The lowest BCUT2D eigenvalue weighted by molar-refractivity contribution is -0.138. The number of urea groups is 1. The summed E-state index contributed by atoms with van der Waals surface area (Å²) >= 11 is 6.70. The minimum Gasteiger partial charge on any atom is -0.494 e. The van der Waals surface area contributed by atoms with Gasteiger partial charge in [-0.05, 0) is 106 Å². The highest BCUT2D eigenvalue weighted by molar-refractivity contribution is 6.34. The number of carbonyl (C=O) groups excluding carboxylic acids is 4. The Labute approximate surface area is 421 Å². The number of hydrogen-bond donors (Lipinski definition) is 3. The van der Waals surface area contributed by atoms with Crippen molar-refractivity contribution in [2.45, 2.75) is 88.2 Å². The number of nitrogens with two attached hydrogens (primary N) is 1. The second-order valence-corrected chi connectivity index (χ2v) is 20.6. The molecule has 10 rings (SSSR count). The average Bonchev–Trinajstić information content (AvgIpc) is 3.87. The number of piperidine rings is 2. The Balaban J connectivity index is 0.730. The lowest BCUT2D eigenvalue weighted by atomic mass is 9.77. The third kappa shape index (κ3) is 8.95. The highest BCUT2D eigenvalue weighted by Crippen LogP contribution is 2.56. The molecule has 4 N–H and O–H groups in total. The largest absolute Gasteiger partial charge is 0.494 e. The van der Waals surface area contributed by atoms with Crippen molar-refractivity contribution in [3.8, 4) is 22.6 Å². The van der Waals surface area contributed by atoms with Crippen molar-refractivity contribution in [3.63, 3.8) is 0 Å². The van der Waals surface area contributed by atoms with Crippen LogP contribution in [0, 0.1) is 29.3 Å². The summed E-state index contributed by atoms with van der Waals surface area (Å²) in [6.45, 7) is 6.56. The standard InChI is InChI=1S/C54H60ClF3N8O6/c1-30-43-41(27-39(56)46(55)45(43)44-37(50(59)68)15-16-40(71-3)48(44)58)72-54(30,34-7-5-4-6-8-34)29-60-35-11-9-33(10-12-35)52(69)65-24-17-31(18-25-65)28-64-22-19-32(20-23-64)36-13-14-38-49(47(36)57)63(2)62-51(38)66-26-21-42(67)61-53(66)70/h4-8,13-16,27,30-33,35,60H,9-12,17-26,28-29H2,1-3H3,(H2,59,68)(H,61,67,70). The van der Waals surface area contributed by atoms with E-state index in [0.29, 0.717) is 40.3 Å². The molecule has 72 heavy (non-hydrogen) atoms. The second-order valence-electron chi connectivity index (χ2n) is 20.2. The molecule has 2 atom stereocenters. The van der Waals surface area contributed by atoms with Gasteiger partial charge in [0.15, 0.2) is 28.8 Å². The predicted molar refractivity (Wildman–Crippen MR) is 267 cm³/mol. The van der Waals surface area contributed by atoms with Crippen molar-refractivity contribution in [1.82, 2.24) is 30.2 Å². The number of fused-ring (bicyclic) bond motifs is 2. The molecular formula is C54H60ClF3N8O6. The number of hydrogen-bond acceptors (Lipinski definition) is 9. The van der Waals surface area contributed by atoms with Gasteiger partial charge in [0.05, 0.1) is 17.7 Å². The molecule has 5 amide bonds. The third-order valence-electron chi connectivity index (χ3n) is 16.2. The molecule has 4 aliphatic heterocycles. The fourth-order valence-electron chi connectivity index (χ4n) is 12.2. The lowest BCUT2D eigenvalue weighted by Crippen LogP contribution is -2.49. The van der Waals surface area contributed by atoms with Gasteiger partial charge in [-0.2, -0.15) is 5.10 Å². The van der Waals surface area contributed by atoms with Crippen LogP contribution in [0.15, 0.2) is 60.7 Å². The van der Waals surface area contributed by atoms with Crippen LogP contribution in [0.4, 0.5) is 23.8 Å². The number of ether oxygens (including phenoxy) is 2. The fourth-order valence-corrected chi connectivity index (χ4v) is 12.5. The Kier molecular flexibility index (Phi) is 13.7. The zero-order valence-electron chi connectivity index (χ0n) is 40.7. The molecule has 380 valence electrons. The molecule has 1 aliphatic carbocycles. The second kappa shape index (κ2) is 20.0. The first-order valence-corrected chi connectivity index (χ1v) is 25.5. The van der Waals surface area contributed by atoms with Crippen molar-refractivity contribution >= 4 is 52.1 Å². The lowest BCUT2D eigenvalue weighted by Gasteiger charge is -2.40. The maximum absolute atomic E-state index is 16.2. The van der Waals surface area contributed by atoms with E-state index in [0.717, 1.165) is 89.7 Å². The summed E-state index contributed by atoms with van der Waals surface area (Å²) in [5.74, 6) is -2.75. The zero-order valence-corrected chi connectivity index (χ0v) is 41.5. The van der Waals surface area contributed by atoms with E-state index in [-0.39, 0.29) is 81.7 Å². The fraction of sp³-hybridized carbons (Fsp3) is 0.463. The number of anilines is 1. The Bertz CT molecular complexity index is 2930. The molecule has 0 spiro atoms. The SMILES string of the molecule is COc1ccc(C(N)=O)c(-c2c(Cl)c(F)cc3c2C(C)C(CNC2CCC(C(=O)N4CCC(CN5CCC(c6ccc7c(N8CCC(=O)NC8=O)nn(C)c7c6F)CC5)CC4)CC2)(c2ccccc2)O3)c1F. The summed E-state index contributed by atoms with van der Waals surface area (Å²) in [4.78, 5) is 56.9. The average molecular weight is 1010 g/mol. The van der Waals surface area contributed by atoms with Crippen LogP contribution in [0.5, 0.6) is 11.5 Å². The third-order valence-corrected chi connectivity index (χ3v) is 16.6. The van der Waals surface area contributed by atoms with Crippen LogP contribution in [0.1, 0.15) is 104 Å². The van der Waals surface area contributed by atoms with Gasteiger partial charge in [-0.15, -0.1) is 0 Å². The minimum atomic E-state index is -1.08. The first kappa shape index (κ1) is 49.4. The van der Waals surface area contributed by atoms with E-state index in [9.17, 15) is 19.2 Å². The van der Waals surface area contributed by atoms with Crippen LogP contribution in [0.25, 0.3) is 22.0 Å². The van der Waals surface area contributed by atoms with Crippen molar-refractivity contribution in [3.05, 3.63) is 105 Å². The summed E-state index contributed by atoms with van der Waals surface area (Å²) in [6, 6.07) is 16.6. The van der Waals surface area contributed by atoms with Crippen molar-refractivity contribution in [1.29, 1.82) is 0 Å². The molecule has 5 heterocycles. The number of benzene rings is 4. The molecule has 0 bridgehead atoms. The number of primary amides is 1. The predicted octanol–water partition coefficient (Wildman–Crippen LogP) is 8.52. The number of imide groups is 1. The van der Waals surface area contributed by atoms with Gasteiger partial charge < -0.3 is 30.3 Å². The van der Waals surface area contributed by atoms with Gasteiger partial charge in [0, 0.05) is 92.2 Å². The topological polar surface area (TPSA) is 164 Å². The number of amides is 5. The number of likely N-dealkylation sites (tertiary alicyclic amines) is 2. The minimum absolute atomic E-state index is 0.00985. The van der Waals surface area contributed by atoms with E-state index >= 15 is 13.2 Å². The van der Waals surface area contributed by atoms with Crippen molar-refractivity contribution in [2.24, 2.45) is 24.6 Å². The molecule has 4 fully saturated rings. The van der Waals surface area contributed by atoms with Gasteiger partial charge in [0.1, 0.15) is 17.1 Å². The summed E-state index contributed by atoms with van der Waals surface area (Å²) < 4.78 is 61.8. The first-order valence-electron chi connectivity index (χ1n) is 25.1. The van der Waals surface area contributed by atoms with Crippen LogP contribution >= 0.6 is 11.6 Å². The Morgan fingerprint density at radius 2 is 1.64 bits per heavy atom. The molecule has 5 aliphatic rings. The molecule has 4 aromatic carbocycles. The molecule has 3 saturated heterocycles. The van der Waals surface area contributed by atoms with E-state index in [2.05, 4.69) is 20.6 Å². The highest BCUT2D eigenvalue weighted by Gasteiger charge is 2.50. The molecule has 18 heteroatoms. The van der Waals surface area contributed by atoms with Gasteiger partial charge in [-0.25, -0.2) is 18.0 Å². The van der Waals surface area contributed by atoms with Crippen LogP contribution in [-0.4, -0.2) is 102 Å². The molecule has 2 unspecified atom stereocenters. The van der Waals surface area contributed by atoms with E-state index in [1.165, 1.54) is 34.9 Å². The number of aryl methyl sites for hydroxylation is 1. The number of carbonyl (C=O) groups is 4. The van der Waals surface area contributed by atoms with Gasteiger partial charge in [-0.1, -0.05) is 54.9 Å². The number of nitrogens with zero attached hydrogens (tertiary/aromatic N) is 5. The quantitative estimate of drug-likeness (QED) is 0.111. The molecule has 1 aromatic heterocycles. The van der Waals surface area contributed by atoms with Crippen LogP contribution in [0.3, 0.4) is 0 Å². The van der Waals surface area contributed by atoms with Gasteiger partial charge in [-0.3, -0.25) is 29.3 Å². The van der Waals surface area contributed by atoms with Crippen molar-refractivity contribution in [2.75, 3.05) is 57.8 Å². The number of aromatic nitrogens is 2. The van der Waals surface area contributed by atoms with E-state index in [1.807, 2.05) is 54.3 Å². The number of rotatable bonds is 12. The van der Waals surface area contributed by atoms with E-state index < -0.39 is 35.1 Å². The van der Waals surface area contributed by atoms with Crippen LogP contribution in [0.2, 0.25) is 5.02 Å².